The summed E-state index contributed by atoms with van der Waals surface area (Å²) < 4.78 is 24.7. The molecule has 0 bridgehead atoms. The highest BCUT2D eigenvalue weighted by molar-refractivity contribution is 6.67. The number of nitrogens with zero attached hydrogens (tertiary/aromatic N) is 2. The zero-order chi connectivity index (χ0) is 11.6. The van der Waals surface area contributed by atoms with E-state index in [0.717, 1.165) is 6.20 Å². The molecule has 7 heteroatoms. The first kappa shape index (κ1) is 11.3. The SMILES string of the molecule is N#Cc1c(C(=O)Cl)ncc(C(F)F)c1N. The normalized spacial score (nSPS) is 10.1. The minimum absolute atomic E-state index is 0.416. The second-order valence-electron chi connectivity index (χ2n) is 2.54. The summed E-state index contributed by atoms with van der Waals surface area (Å²) in [6, 6.07) is 1.51. The summed E-state index contributed by atoms with van der Waals surface area (Å²) in [7, 11) is 0. The highest BCUT2D eigenvalue weighted by atomic mass is 35.5. The number of alkyl halides is 2. The van der Waals surface area contributed by atoms with E-state index < -0.39 is 34.2 Å². The third kappa shape index (κ3) is 2.02. The number of carbonyl (C=O) groups excluding carboxylic acids is 1. The third-order valence-electron chi connectivity index (χ3n) is 1.68. The van der Waals surface area contributed by atoms with Crippen LogP contribution in [0.3, 0.4) is 0 Å². The van der Waals surface area contributed by atoms with Gasteiger partial charge in [0.2, 0.25) is 0 Å². The van der Waals surface area contributed by atoms with Gasteiger partial charge in [0.15, 0.2) is 0 Å². The Labute approximate surface area is 88.3 Å². The summed E-state index contributed by atoms with van der Waals surface area (Å²) in [5, 5.41) is 7.61. The molecule has 0 fully saturated rings. The van der Waals surface area contributed by atoms with Crippen molar-refractivity contribution in [2.45, 2.75) is 6.43 Å². The average molecular weight is 232 g/mol. The molecule has 1 aromatic rings. The summed E-state index contributed by atoms with van der Waals surface area (Å²) in [5.74, 6) is 0. The summed E-state index contributed by atoms with van der Waals surface area (Å²) in [5.41, 5.74) is 3.39. The second-order valence-corrected chi connectivity index (χ2v) is 2.88. The monoisotopic (exact) mass is 231 g/mol. The fourth-order valence-corrected chi connectivity index (χ4v) is 1.12. The number of hydrogen-bond acceptors (Lipinski definition) is 4. The van der Waals surface area contributed by atoms with Crippen molar-refractivity contribution in [2.75, 3.05) is 5.73 Å². The molecule has 1 heterocycles. The van der Waals surface area contributed by atoms with E-state index in [2.05, 4.69) is 4.98 Å². The van der Waals surface area contributed by atoms with Gasteiger partial charge in [-0.15, -0.1) is 0 Å². The van der Waals surface area contributed by atoms with Gasteiger partial charge in [0, 0.05) is 6.20 Å². The second kappa shape index (κ2) is 4.19. The fourth-order valence-electron chi connectivity index (χ4n) is 0.976. The lowest BCUT2D eigenvalue weighted by atomic mass is 10.1. The highest BCUT2D eigenvalue weighted by Gasteiger charge is 2.20. The van der Waals surface area contributed by atoms with E-state index >= 15 is 0 Å². The number of nitrogens with two attached hydrogens (primary N) is 1. The molecule has 0 saturated heterocycles. The Morgan fingerprint density at radius 3 is 2.67 bits per heavy atom. The van der Waals surface area contributed by atoms with Gasteiger partial charge in [-0.1, -0.05) is 0 Å². The number of rotatable bonds is 2. The fraction of sp³-hybridized carbons (Fsp3) is 0.125. The number of anilines is 1. The predicted octanol–water partition coefficient (Wildman–Crippen LogP) is 1.85. The van der Waals surface area contributed by atoms with E-state index in [1.165, 1.54) is 6.07 Å². The van der Waals surface area contributed by atoms with Crippen molar-refractivity contribution in [3.05, 3.63) is 23.0 Å². The lowest BCUT2D eigenvalue weighted by Gasteiger charge is -2.07. The summed E-state index contributed by atoms with van der Waals surface area (Å²) in [6.45, 7) is 0. The quantitative estimate of drug-likeness (QED) is 0.788. The Bertz CT molecular complexity index is 456. The van der Waals surface area contributed by atoms with Crippen molar-refractivity contribution in [3.8, 4) is 6.07 Å². The molecule has 0 aromatic carbocycles. The summed E-state index contributed by atoms with van der Waals surface area (Å²) >= 11 is 5.10. The molecule has 4 nitrogen and oxygen atoms in total. The van der Waals surface area contributed by atoms with Crippen LogP contribution in [0.5, 0.6) is 0 Å². The molecule has 0 aliphatic carbocycles. The zero-order valence-corrected chi connectivity index (χ0v) is 7.92. The van der Waals surface area contributed by atoms with E-state index in [1.807, 2.05) is 0 Å². The molecule has 0 amide bonds. The van der Waals surface area contributed by atoms with E-state index in [9.17, 15) is 13.6 Å². The van der Waals surface area contributed by atoms with Gasteiger partial charge in [0.05, 0.1) is 11.3 Å². The molecule has 0 atom stereocenters. The van der Waals surface area contributed by atoms with E-state index in [4.69, 9.17) is 22.6 Å². The van der Waals surface area contributed by atoms with Crippen molar-refractivity contribution in [3.63, 3.8) is 0 Å². The molecule has 0 saturated carbocycles. The van der Waals surface area contributed by atoms with Gasteiger partial charge in [-0.2, -0.15) is 5.26 Å². The Morgan fingerprint density at radius 1 is 1.67 bits per heavy atom. The molecule has 0 unspecified atom stereocenters. The number of halogens is 3. The Hall–Kier alpha value is -1.74. The van der Waals surface area contributed by atoms with Gasteiger partial charge >= 0.3 is 0 Å². The van der Waals surface area contributed by atoms with Crippen molar-refractivity contribution in [1.82, 2.24) is 4.98 Å². The maximum absolute atomic E-state index is 12.3. The molecule has 0 radical (unpaired) electrons. The standard InChI is InChI=1S/C8H4ClF2N3O/c9-7(15)6-3(1-12)5(13)4(2-14-6)8(10)11/h2,8H,(H2,13,14). The minimum atomic E-state index is -2.86. The maximum atomic E-state index is 12.3. The van der Waals surface area contributed by atoms with Crippen LogP contribution in [-0.4, -0.2) is 10.2 Å². The van der Waals surface area contributed by atoms with Crippen molar-refractivity contribution in [1.29, 1.82) is 5.26 Å². The Balaban J connectivity index is 3.48. The number of nitrogen functional groups attached to an aromatic ring is 1. The topological polar surface area (TPSA) is 79.8 Å². The molecule has 1 aromatic heterocycles. The van der Waals surface area contributed by atoms with Gasteiger partial charge in [-0.05, 0) is 11.6 Å². The lowest BCUT2D eigenvalue weighted by Crippen LogP contribution is -2.06. The van der Waals surface area contributed by atoms with Crippen LogP contribution in [0.1, 0.15) is 28.0 Å². The number of hydrogen-bond donors (Lipinski definition) is 1. The molecule has 15 heavy (non-hydrogen) atoms. The first-order chi connectivity index (χ1) is 6.99. The van der Waals surface area contributed by atoms with Crippen LogP contribution in [-0.2, 0) is 0 Å². The molecule has 2 N–H and O–H groups in total. The van der Waals surface area contributed by atoms with Gasteiger partial charge in [-0.25, -0.2) is 13.8 Å². The van der Waals surface area contributed by atoms with Crippen LogP contribution in [0.15, 0.2) is 6.20 Å². The van der Waals surface area contributed by atoms with Crippen molar-refractivity contribution >= 4 is 22.5 Å². The average Bonchev–Trinajstić information content (AvgIpc) is 2.16. The van der Waals surface area contributed by atoms with Crippen LogP contribution in [0.4, 0.5) is 14.5 Å². The van der Waals surface area contributed by atoms with E-state index in [0.29, 0.717) is 0 Å². The van der Waals surface area contributed by atoms with Gasteiger partial charge in [0.1, 0.15) is 17.3 Å². The van der Waals surface area contributed by atoms with Crippen LogP contribution in [0.2, 0.25) is 0 Å². The minimum Gasteiger partial charge on any atom is -0.397 e. The molecule has 0 spiro atoms. The van der Waals surface area contributed by atoms with E-state index in [-0.39, 0.29) is 0 Å². The molecule has 1 rings (SSSR count). The largest absolute Gasteiger partial charge is 0.397 e. The smallest absolute Gasteiger partial charge is 0.272 e. The van der Waals surface area contributed by atoms with Crippen LogP contribution >= 0.6 is 11.6 Å². The van der Waals surface area contributed by atoms with Crippen LogP contribution < -0.4 is 5.73 Å². The first-order valence-corrected chi connectivity index (χ1v) is 4.03. The van der Waals surface area contributed by atoms with Crippen molar-refractivity contribution < 1.29 is 13.6 Å². The number of nitriles is 1. The maximum Gasteiger partial charge on any atom is 0.272 e. The van der Waals surface area contributed by atoms with E-state index in [1.54, 1.807) is 0 Å². The summed E-state index contributed by atoms with van der Waals surface area (Å²) in [6.07, 6.45) is -2.12. The molecular formula is C8H4ClF2N3O. The van der Waals surface area contributed by atoms with Gasteiger partial charge < -0.3 is 5.73 Å². The van der Waals surface area contributed by atoms with Crippen molar-refractivity contribution in [2.24, 2.45) is 0 Å². The highest BCUT2D eigenvalue weighted by Crippen LogP contribution is 2.28. The van der Waals surface area contributed by atoms with Crippen LogP contribution in [0, 0.1) is 11.3 Å². The number of carbonyl (C=O) groups is 1. The lowest BCUT2D eigenvalue weighted by molar-refractivity contribution is 0.107. The number of aromatic nitrogens is 1. The molecular weight excluding hydrogens is 228 g/mol. The van der Waals surface area contributed by atoms with Gasteiger partial charge in [0.25, 0.3) is 11.7 Å². The zero-order valence-electron chi connectivity index (χ0n) is 7.17. The molecule has 0 aliphatic heterocycles. The Kier molecular flexibility index (Phi) is 3.17. The summed E-state index contributed by atoms with van der Waals surface area (Å²) in [4.78, 5) is 14.1. The predicted molar refractivity (Wildman–Crippen MR) is 48.5 cm³/mol. The molecule has 0 aliphatic rings. The van der Waals surface area contributed by atoms with Gasteiger partial charge in [-0.3, -0.25) is 4.79 Å². The third-order valence-corrected chi connectivity index (χ3v) is 1.86. The number of pyridine rings is 1. The van der Waals surface area contributed by atoms with Crippen LogP contribution in [0.25, 0.3) is 0 Å². The Morgan fingerprint density at radius 2 is 2.27 bits per heavy atom. The first-order valence-electron chi connectivity index (χ1n) is 3.65. The molecule has 78 valence electrons.